The van der Waals surface area contributed by atoms with Crippen molar-refractivity contribution in [1.29, 1.82) is 0 Å². The molecule has 4 nitrogen and oxygen atoms in total. The Hall–Kier alpha value is -1.97. The third-order valence-electron chi connectivity index (χ3n) is 2.08. The van der Waals surface area contributed by atoms with E-state index >= 15 is 0 Å². The zero-order valence-corrected chi connectivity index (χ0v) is 7.81. The molecule has 4 heteroatoms. The number of aryl methyl sites for hydroxylation is 1. The number of imidazole rings is 1. The van der Waals surface area contributed by atoms with Crippen LogP contribution in [0.3, 0.4) is 0 Å². The van der Waals surface area contributed by atoms with Crippen molar-refractivity contribution in [1.82, 2.24) is 9.55 Å². The van der Waals surface area contributed by atoms with Crippen LogP contribution in [0.2, 0.25) is 0 Å². The Labute approximate surface area is 81.6 Å². The van der Waals surface area contributed by atoms with Gasteiger partial charge in [-0.2, -0.15) is 0 Å². The van der Waals surface area contributed by atoms with Gasteiger partial charge in [0.1, 0.15) is 11.6 Å². The van der Waals surface area contributed by atoms with E-state index in [2.05, 4.69) is 4.98 Å². The zero-order chi connectivity index (χ0) is 10.1. The molecule has 0 fully saturated rings. The lowest BCUT2D eigenvalue weighted by Gasteiger charge is -2.04. The van der Waals surface area contributed by atoms with E-state index in [1.165, 1.54) is 6.07 Å². The van der Waals surface area contributed by atoms with Crippen molar-refractivity contribution in [2.45, 2.75) is 0 Å². The van der Waals surface area contributed by atoms with Crippen molar-refractivity contribution in [2.75, 3.05) is 5.73 Å². The number of phenolic OH excluding ortho intramolecular Hbond substituents is 1. The van der Waals surface area contributed by atoms with Gasteiger partial charge in [-0.1, -0.05) is 0 Å². The highest BCUT2D eigenvalue weighted by atomic mass is 16.3. The summed E-state index contributed by atoms with van der Waals surface area (Å²) < 4.78 is 1.84. The van der Waals surface area contributed by atoms with Crippen LogP contribution in [0.1, 0.15) is 0 Å². The third kappa shape index (κ3) is 1.31. The van der Waals surface area contributed by atoms with Gasteiger partial charge in [-0.25, -0.2) is 4.98 Å². The molecule has 0 atom stereocenters. The number of hydrogen-bond donors (Lipinski definition) is 2. The van der Waals surface area contributed by atoms with Crippen LogP contribution in [0.15, 0.2) is 30.6 Å². The van der Waals surface area contributed by atoms with Gasteiger partial charge in [0.05, 0.1) is 5.56 Å². The molecule has 2 rings (SSSR count). The predicted molar refractivity (Wildman–Crippen MR) is 54.7 cm³/mol. The Kier molecular flexibility index (Phi) is 1.89. The fourth-order valence-electron chi connectivity index (χ4n) is 1.36. The largest absolute Gasteiger partial charge is 0.507 e. The van der Waals surface area contributed by atoms with Crippen LogP contribution in [-0.4, -0.2) is 14.7 Å². The average molecular weight is 189 g/mol. The zero-order valence-electron chi connectivity index (χ0n) is 7.81. The van der Waals surface area contributed by atoms with Crippen molar-refractivity contribution in [2.24, 2.45) is 7.05 Å². The second-order valence-corrected chi connectivity index (χ2v) is 3.14. The molecule has 1 heterocycles. The molecule has 0 unspecified atom stereocenters. The molecule has 0 spiro atoms. The number of aromatic hydroxyl groups is 1. The number of hydrogen-bond acceptors (Lipinski definition) is 3. The Balaban J connectivity index is 2.58. The van der Waals surface area contributed by atoms with E-state index in [9.17, 15) is 5.11 Å². The summed E-state index contributed by atoms with van der Waals surface area (Å²) in [6.07, 6.45) is 3.51. The maximum atomic E-state index is 9.65. The van der Waals surface area contributed by atoms with Gasteiger partial charge in [-0.15, -0.1) is 0 Å². The molecule has 2 aromatic rings. The minimum absolute atomic E-state index is 0.152. The van der Waals surface area contributed by atoms with E-state index in [1.807, 2.05) is 17.8 Å². The van der Waals surface area contributed by atoms with Crippen molar-refractivity contribution in [3.63, 3.8) is 0 Å². The van der Waals surface area contributed by atoms with Crippen LogP contribution in [-0.2, 0) is 7.05 Å². The van der Waals surface area contributed by atoms with E-state index in [0.717, 1.165) is 5.82 Å². The van der Waals surface area contributed by atoms with Crippen LogP contribution in [0, 0.1) is 0 Å². The predicted octanol–water partition coefficient (Wildman–Crippen LogP) is 1.37. The van der Waals surface area contributed by atoms with E-state index in [-0.39, 0.29) is 5.75 Å². The smallest absolute Gasteiger partial charge is 0.143 e. The summed E-state index contributed by atoms with van der Waals surface area (Å²) in [5.74, 6) is 0.877. The van der Waals surface area contributed by atoms with Crippen LogP contribution in [0.4, 0.5) is 5.69 Å². The summed E-state index contributed by atoms with van der Waals surface area (Å²) in [5.41, 5.74) is 6.76. The molecule has 0 amide bonds. The highest BCUT2D eigenvalue weighted by Gasteiger charge is 2.08. The SMILES string of the molecule is Cn1ccnc1-c1ccc(N)cc1O. The van der Waals surface area contributed by atoms with Gasteiger partial charge in [0.15, 0.2) is 0 Å². The lowest BCUT2D eigenvalue weighted by Crippen LogP contribution is -1.92. The van der Waals surface area contributed by atoms with E-state index < -0.39 is 0 Å². The number of nitrogens with zero attached hydrogens (tertiary/aromatic N) is 2. The summed E-state index contributed by atoms with van der Waals surface area (Å²) in [7, 11) is 1.87. The quantitative estimate of drug-likeness (QED) is 0.666. The van der Waals surface area contributed by atoms with Crippen molar-refractivity contribution >= 4 is 5.69 Å². The summed E-state index contributed by atoms with van der Waals surface area (Å²) in [6.45, 7) is 0. The van der Waals surface area contributed by atoms with Gasteiger partial charge < -0.3 is 15.4 Å². The second kappa shape index (κ2) is 3.06. The monoisotopic (exact) mass is 189 g/mol. The van der Waals surface area contributed by atoms with Crippen molar-refractivity contribution < 1.29 is 5.11 Å². The highest BCUT2D eigenvalue weighted by Crippen LogP contribution is 2.28. The lowest BCUT2D eigenvalue weighted by atomic mass is 10.1. The van der Waals surface area contributed by atoms with E-state index in [4.69, 9.17) is 5.73 Å². The average Bonchev–Trinajstić information content (AvgIpc) is 2.52. The van der Waals surface area contributed by atoms with Gasteiger partial charge in [0.2, 0.25) is 0 Å². The molecule has 0 aliphatic carbocycles. The van der Waals surface area contributed by atoms with Gasteiger partial charge in [-0.05, 0) is 12.1 Å². The maximum absolute atomic E-state index is 9.65. The first-order valence-corrected chi connectivity index (χ1v) is 4.24. The third-order valence-corrected chi connectivity index (χ3v) is 2.08. The fraction of sp³-hybridized carbons (Fsp3) is 0.100. The number of aromatic nitrogens is 2. The van der Waals surface area contributed by atoms with Crippen LogP contribution in [0.25, 0.3) is 11.4 Å². The number of nitrogen functional groups attached to an aromatic ring is 1. The molecule has 0 aliphatic rings. The summed E-state index contributed by atoms with van der Waals surface area (Å²) in [6, 6.07) is 5.01. The topological polar surface area (TPSA) is 64.1 Å². The van der Waals surface area contributed by atoms with Gasteiger partial charge in [-0.3, -0.25) is 0 Å². The summed E-state index contributed by atoms with van der Waals surface area (Å²) in [5, 5.41) is 9.65. The van der Waals surface area contributed by atoms with Gasteiger partial charge in [0, 0.05) is 31.2 Å². The molecule has 0 bridgehead atoms. The molecular formula is C10H11N3O. The molecule has 0 radical (unpaired) electrons. The van der Waals surface area contributed by atoms with Crippen LogP contribution < -0.4 is 5.73 Å². The normalized spacial score (nSPS) is 10.4. The first-order chi connectivity index (χ1) is 6.68. The Morgan fingerprint density at radius 1 is 1.43 bits per heavy atom. The number of benzene rings is 1. The molecule has 0 aliphatic heterocycles. The Morgan fingerprint density at radius 3 is 2.79 bits per heavy atom. The second-order valence-electron chi connectivity index (χ2n) is 3.14. The van der Waals surface area contributed by atoms with Gasteiger partial charge >= 0.3 is 0 Å². The number of phenols is 1. The van der Waals surface area contributed by atoms with Gasteiger partial charge in [0.25, 0.3) is 0 Å². The number of anilines is 1. The minimum Gasteiger partial charge on any atom is -0.507 e. The Bertz CT molecular complexity index is 462. The molecule has 0 saturated heterocycles. The summed E-state index contributed by atoms with van der Waals surface area (Å²) in [4.78, 5) is 4.14. The highest BCUT2D eigenvalue weighted by molar-refractivity contribution is 5.67. The van der Waals surface area contributed by atoms with E-state index in [0.29, 0.717) is 11.3 Å². The molecule has 1 aromatic carbocycles. The molecule has 72 valence electrons. The number of rotatable bonds is 1. The lowest BCUT2D eigenvalue weighted by molar-refractivity contribution is 0.477. The standard InChI is InChI=1S/C10H11N3O/c1-13-5-4-12-10(13)8-3-2-7(11)6-9(8)14/h2-6,14H,11H2,1H3. The first kappa shape index (κ1) is 8.62. The Morgan fingerprint density at radius 2 is 2.21 bits per heavy atom. The van der Waals surface area contributed by atoms with Crippen molar-refractivity contribution in [3.8, 4) is 17.1 Å². The summed E-state index contributed by atoms with van der Waals surface area (Å²) >= 11 is 0. The molecular weight excluding hydrogens is 178 g/mol. The molecule has 1 aromatic heterocycles. The maximum Gasteiger partial charge on any atom is 0.143 e. The van der Waals surface area contributed by atoms with Crippen molar-refractivity contribution in [3.05, 3.63) is 30.6 Å². The van der Waals surface area contributed by atoms with E-state index in [1.54, 1.807) is 18.3 Å². The molecule has 0 saturated carbocycles. The fourth-order valence-corrected chi connectivity index (χ4v) is 1.36. The van der Waals surface area contributed by atoms with Crippen LogP contribution in [0.5, 0.6) is 5.75 Å². The minimum atomic E-state index is 0.152. The van der Waals surface area contributed by atoms with Crippen LogP contribution >= 0.6 is 0 Å². The molecule has 3 N–H and O–H groups in total. The molecule has 14 heavy (non-hydrogen) atoms. The first-order valence-electron chi connectivity index (χ1n) is 4.24. The number of nitrogens with two attached hydrogens (primary N) is 1.